The van der Waals surface area contributed by atoms with Gasteiger partial charge in [0, 0.05) is 10.4 Å². The standard InChI is InChI=1S/C18H13ClFNO4S/c1-24-14-4-3-12(8-13(14)19)21-17(22)9-25-18(23)16-7-10-6-11(20)2-5-15(10)26-16/h2-8H,9H2,1H3,(H,21,22). The molecule has 0 aliphatic heterocycles. The average Bonchev–Trinajstić information content (AvgIpc) is 3.03. The van der Waals surface area contributed by atoms with Gasteiger partial charge >= 0.3 is 5.97 Å². The third kappa shape index (κ3) is 4.12. The van der Waals surface area contributed by atoms with Crippen molar-refractivity contribution < 1.29 is 23.5 Å². The van der Waals surface area contributed by atoms with Crippen molar-refractivity contribution in [1.29, 1.82) is 0 Å². The van der Waals surface area contributed by atoms with Crippen LogP contribution in [-0.4, -0.2) is 25.6 Å². The Labute approximate surface area is 157 Å². The number of rotatable bonds is 5. The molecule has 1 aromatic heterocycles. The quantitative estimate of drug-likeness (QED) is 0.648. The zero-order valence-corrected chi connectivity index (χ0v) is 15.1. The highest BCUT2D eigenvalue weighted by Crippen LogP contribution is 2.28. The lowest BCUT2D eigenvalue weighted by Crippen LogP contribution is -2.20. The van der Waals surface area contributed by atoms with Crippen LogP contribution >= 0.6 is 22.9 Å². The lowest BCUT2D eigenvalue weighted by Gasteiger charge is -2.08. The lowest BCUT2D eigenvalue weighted by molar-refractivity contribution is -0.119. The molecule has 8 heteroatoms. The van der Waals surface area contributed by atoms with Crippen LogP contribution in [0.15, 0.2) is 42.5 Å². The van der Waals surface area contributed by atoms with Crippen LogP contribution in [0.5, 0.6) is 5.75 Å². The number of esters is 1. The van der Waals surface area contributed by atoms with Crippen LogP contribution < -0.4 is 10.1 Å². The van der Waals surface area contributed by atoms with E-state index in [4.69, 9.17) is 21.1 Å². The van der Waals surface area contributed by atoms with Crippen molar-refractivity contribution in [3.63, 3.8) is 0 Å². The van der Waals surface area contributed by atoms with Gasteiger partial charge in [-0.25, -0.2) is 9.18 Å². The summed E-state index contributed by atoms with van der Waals surface area (Å²) in [5.74, 6) is -1.05. The molecule has 0 aliphatic carbocycles. The van der Waals surface area contributed by atoms with Crippen LogP contribution in [0.25, 0.3) is 10.1 Å². The van der Waals surface area contributed by atoms with Gasteiger partial charge in [-0.05, 0) is 47.9 Å². The number of ether oxygens (including phenoxy) is 2. The summed E-state index contributed by atoms with van der Waals surface area (Å²) >= 11 is 7.15. The van der Waals surface area contributed by atoms with Gasteiger partial charge in [-0.15, -0.1) is 11.3 Å². The van der Waals surface area contributed by atoms with Crippen molar-refractivity contribution >= 4 is 50.6 Å². The maximum atomic E-state index is 13.2. The Morgan fingerprint density at radius 1 is 1.19 bits per heavy atom. The Balaban J connectivity index is 1.59. The number of hydrogen-bond donors (Lipinski definition) is 1. The van der Waals surface area contributed by atoms with Crippen LogP contribution in [0.2, 0.25) is 5.02 Å². The van der Waals surface area contributed by atoms with Gasteiger partial charge in [0.05, 0.1) is 12.1 Å². The number of anilines is 1. The zero-order chi connectivity index (χ0) is 18.7. The van der Waals surface area contributed by atoms with Crippen molar-refractivity contribution in [2.24, 2.45) is 0 Å². The molecule has 2 aromatic carbocycles. The summed E-state index contributed by atoms with van der Waals surface area (Å²) in [7, 11) is 1.49. The van der Waals surface area contributed by atoms with E-state index in [9.17, 15) is 14.0 Å². The molecule has 1 N–H and O–H groups in total. The fourth-order valence-electron chi connectivity index (χ4n) is 2.26. The first-order chi connectivity index (χ1) is 12.5. The highest BCUT2D eigenvalue weighted by Gasteiger charge is 2.14. The van der Waals surface area contributed by atoms with E-state index >= 15 is 0 Å². The molecule has 0 atom stereocenters. The first kappa shape index (κ1) is 18.2. The SMILES string of the molecule is COc1ccc(NC(=O)COC(=O)c2cc3cc(F)ccc3s2)cc1Cl. The number of nitrogens with one attached hydrogen (secondary N) is 1. The first-order valence-corrected chi connectivity index (χ1v) is 8.65. The molecule has 134 valence electrons. The van der Waals surface area contributed by atoms with Crippen LogP contribution in [0.3, 0.4) is 0 Å². The van der Waals surface area contributed by atoms with Crippen molar-refractivity contribution in [2.75, 3.05) is 19.0 Å². The summed E-state index contributed by atoms with van der Waals surface area (Å²) < 4.78 is 24.0. The Kier molecular flexibility index (Phi) is 5.39. The van der Waals surface area contributed by atoms with E-state index in [-0.39, 0.29) is 5.82 Å². The highest BCUT2D eigenvalue weighted by atomic mass is 35.5. The number of hydrogen-bond acceptors (Lipinski definition) is 5. The summed E-state index contributed by atoms with van der Waals surface area (Å²) in [6, 6.07) is 10.5. The molecular weight excluding hydrogens is 381 g/mol. The Hall–Kier alpha value is -2.64. The largest absolute Gasteiger partial charge is 0.495 e. The molecular formula is C18H13ClFNO4S. The highest BCUT2D eigenvalue weighted by molar-refractivity contribution is 7.20. The van der Waals surface area contributed by atoms with Crippen LogP contribution in [0.1, 0.15) is 9.67 Å². The molecule has 5 nitrogen and oxygen atoms in total. The molecule has 0 unspecified atom stereocenters. The van der Waals surface area contributed by atoms with E-state index in [0.717, 1.165) is 4.70 Å². The molecule has 0 spiro atoms. The summed E-state index contributed by atoms with van der Waals surface area (Å²) in [6.07, 6.45) is 0. The number of benzene rings is 2. The van der Waals surface area contributed by atoms with Crippen LogP contribution in [-0.2, 0) is 9.53 Å². The van der Waals surface area contributed by atoms with Gasteiger partial charge in [-0.2, -0.15) is 0 Å². The zero-order valence-electron chi connectivity index (χ0n) is 13.5. The van der Waals surface area contributed by atoms with Gasteiger partial charge in [0.15, 0.2) is 6.61 Å². The van der Waals surface area contributed by atoms with Gasteiger partial charge in [0.1, 0.15) is 16.4 Å². The maximum absolute atomic E-state index is 13.2. The molecule has 0 aliphatic rings. The van der Waals surface area contributed by atoms with Crippen LogP contribution in [0.4, 0.5) is 10.1 Å². The number of fused-ring (bicyclic) bond motifs is 1. The van der Waals surface area contributed by atoms with Gasteiger partial charge < -0.3 is 14.8 Å². The number of amides is 1. The fraction of sp³-hybridized carbons (Fsp3) is 0.111. The smallest absolute Gasteiger partial charge is 0.348 e. The molecule has 0 saturated carbocycles. The second kappa shape index (κ2) is 7.72. The minimum absolute atomic E-state index is 0.297. The molecule has 0 fully saturated rings. The molecule has 3 rings (SSSR count). The fourth-order valence-corrected chi connectivity index (χ4v) is 3.45. The third-order valence-corrected chi connectivity index (χ3v) is 4.84. The van der Waals surface area contributed by atoms with Crippen LogP contribution in [0, 0.1) is 5.82 Å². The first-order valence-electron chi connectivity index (χ1n) is 7.46. The summed E-state index contributed by atoms with van der Waals surface area (Å²) in [4.78, 5) is 24.3. The summed E-state index contributed by atoms with van der Waals surface area (Å²) in [6.45, 7) is -0.453. The Morgan fingerprint density at radius 2 is 2.00 bits per heavy atom. The van der Waals surface area contributed by atoms with E-state index < -0.39 is 18.5 Å². The van der Waals surface area contributed by atoms with Crippen molar-refractivity contribution in [2.45, 2.75) is 0 Å². The maximum Gasteiger partial charge on any atom is 0.348 e. The van der Waals surface area contributed by atoms with Crippen molar-refractivity contribution in [3.05, 3.63) is 58.2 Å². The average molecular weight is 394 g/mol. The summed E-state index contributed by atoms with van der Waals surface area (Å²) in [5, 5.41) is 3.53. The van der Waals surface area contributed by atoms with E-state index in [1.807, 2.05) is 0 Å². The number of carbonyl (C=O) groups is 2. The number of methoxy groups -OCH3 is 1. The predicted octanol–water partition coefficient (Wildman–Crippen LogP) is 4.50. The number of carbonyl (C=O) groups excluding carboxylic acids is 2. The second-order valence-corrected chi connectivity index (χ2v) is 6.76. The minimum Gasteiger partial charge on any atom is -0.495 e. The number of halogens is 2. The monoisotopic (exact) mass is 393 g/mol. The van der Waals surface area contributed by atoms with Gasteiger partial charge in [0.2, 0.25) is 0 Å². The Morgan fingerprint density at radius 3 is 2.73 bits per heavy atom. The molecule has 1 heterocycles. The van der Waals surface area contributed by atoms with E-state index in [1.165, 1.54) is 42.7 Å². The van der Waals surface area contributed by atoms with Crippen molar-refractivity contribution in [3.8, 4) is 5.75 Å². The van der Waals surface area contributed by atoms with E-state index in [1.54, 1.807) is 18.2 Å². The third-order valence-electron chi connectivity index (χ3n) is 3.45. The van der Waals surface area contributed by atoms with Crippen molar-refractivity contribution in [1.82, 2.24) is 0 Å². The van der Waals surface area contributed by atoms with Gasteiger partial charge in [-0.3, -0.25) is 4.79 Å². The molecule has 0 radical (unpaired) electrons. The summed E-state index contributed by atoms with van der Waals surface area (Å²) in [5.41, 5.74) is 0.453. The molecule has 3 aromatic rings. The molecule has 0 saturated heterocycles. The Bertz CT molecular complexity index is 988. The molecule has 1 amide bonds. The molecule has 0 bridgehead atoms. The van der Waals surface area contributed by atoms with E-state index in [2.05, 4.69) is 5.32 Å². The molecule has 26 heavy (non-hydrogen) atoms. The normalized spacial score (nSPS) is 10.6. The van der Waals surface area contributed by atoms with E-state index in [0.29, 0.717) is 26.7 Å². The predicted molar refractivity (Wildman–Crippen MR) is 98.7 cm³/mol. The van der Waals surface area contributed by atoms with Gasteiger partial charge in [-0.1, -0.05) is 11.6 Å². The second-order valence-electron chi connectivity index (χ2n) is 5.27. The van der Waals surface area contributed by atoms with Gasteiger partial charge in [0.25, 0.3) is 5.91 Å². The topological polar surface area (TPSA) is 64.6 Å². The minimum atomic E-state index is -0.644. The number of thiophene rings is 1. The lowest BCUT2D eigenvalue weighted by atomic mass is 10.2.